The molecule has 1 aliphatic heterocycles. The number of hydrogen-bond donors (Lipinski definition) is 0. The highest BCUT2D eigenvalue weighted by atomic mass is 32.2. The van der Waals surface area contributed by atoms with Crippen molar-refractivity contribution in [3.8, 4) is 0 Å². The van der Waals surface area contributed by atoms with Gasteiger partial charge in [-0.15, -0.1) is 0 Å². The normalized spacial score (nSPS) is 17.8. The van der Waals surface area contributed by atoms with Crippen LogP contribution in [0.5, 0.6) is 0 Å². The Morgan fingerprint density at radius 1 is 1.22 bits per heavy atom. The predicted octanol–water partition coefficient (Wildman–Crippen LogP) is 2.88. The van der Waals surface area contributed by atoms with Gasteiger partial charge in [0.2, 0.25) is 10.0 Å². The lowest BCUT2D eigenvalue weighted by molar-refractivity contribution is 0.254. The van der Waals surface area contributed by atoms with E-state index in [9.17, 15) is 8.42 Å². The molecule has 0 unspecified atom stereocenters. The molecule has 1 saturated heterocycles. The van der Waals surface area contributed by atoms with E-state index in [-0.39, 0.29) is 0 Å². The van der Waals surface area contributed by atoms with Gasteiger partial charge in [-0.1, -0.05) is 25.5 Å². The van der Waals surface area contributed by atoms with Gasteiger partial charge >= 0.3 is 0 Å². The molecule has 0 aliphatic carbocycles. The van der Waals surface area contributed by atoms with Gasteiger partial charge in [-0.25, -0.2) is 17.7 Å². The Bertz CT molecular complexity index is 746. The number of piperidine rings is 1. The standard InChI is InChI=1S/C17H25N3O2S/c1-2-3-12-23(21,22)20-10-8-15(9-11-20)13-19-14-18-16-6-4-5-7-17(16)19/h4-7,14-15H,2-3,8-13H2,1H3. The fraction of sp³-hybridized carbons (Fsp3) is 0.588. The molecule has 6 heteroatoms. The van der Waals surface area contributed by atoms with E-state index in [0.717, 1.165) is 43.3 Å². The van der Waals surface area contributed by atoms with Crippen molar-refractivity contribution in [1.82, 2.24) is 13.9 Å². The summed E-state index contributed by atoms with van der Waals surface area (Å²) in [5.74, 6) is 0.811. The lowest BCUT2D eigenvalue weighted by Gasteiger charge is -2.31. The summed E-state index contributed by atoms with van der Waals surface area (Å²) in [4.78, 5) is 4.43. The Labute approximate surface area is 138 Å². The lowest BCUT2D eigenvalue weighted by atomic mass is 9.98. The van der Waals surface area contributed by atoms with Crippen LogP contribution in [0.4, 0.5) is 0 Å². The number of para-hydroxylation sites is 2. The molecule has 0 spiro atoms. The molecule has 2 heterocycles. The minimum Gasteiger partial charge on any atom is -0.330 e. The summed E-state index contributed by atoms with van der Waals surface area (Å²) < 4.78 is 28.4. The number of unbranched alkanes of at least 4 members (excludes halogenated alkanes) is 1. The molecule has 5 nitrogen and oxygen atoms in total. The number of fused-ring (bicyclic) bond motifs is 1. The van der Waals surface area contributed by atoms with Gasteiger partial charge in [-0.3, -0.25) is 0 Å². The number of imidazole rings is 1. The maximum Gasteiger partial charge on any atom is 0.214 e. The fourth-order valence-corrected chi connectivity index (χ4v) is 4.94. The van der Waals surface area contributed by atoms with Crippen LogP contribution >= 0.6 is 0 Å². The first kappa shape index (κ1) is 16.5. The largest absolute Gasteiger partial charge is 0.330 e. The van der Waals surface area contributed by atoms with Crippen molar-refractivity contribution in [2.24, 2.45) is 5.92 Å². The molecule has 0 amide bonds. The Balaban J connectivity index is 1.59. The Hall–Kier alpha value is -1.40. The van der Waals surface area contributed by atoms with E-state index in [1.165, 1.54) is 0 Å². The molecular weight excluding hydrogens is 310 g/mol. The minimum absolute atomic E-state index is 0.292. The highest BCUT2D eigenvalue weighted by Gasteiger charge is 2.27. The van der Waals surface area contributed by atoms with Crippen molar-refractivity contribution in [1.29, 1.82) is 0 Å². The third kappa shape index (κ3) is 3.75. The Morgan fingerprint density at radius 2 is 1.96 bits per heavy atom. The van der Waals surface area contributed by atoms with Crippen LogP contribution in [0.2, 0.25) is 0 Å². The molecule has 0 atom stereocenters. The van der Waals surface area contributed by atoms with Gasteiger partial charge < -0.3 is 4.57 Å². The van der Waals surface area contributed by atoms with Crippen molar-refractivity contribution in [2.75, 3.05) is 18.8 Å². The zero-order valence-electron chi connectivity index (χ0n) is 13.7. The van der Waals surface area contributed by atoms with Crippen LogP contribution < -0.4 is 0 Å². The van der Waals surface area contributed by atoms with Crippen molar-refractivity contribution in [3.05, 3.63) is 30.6 Å². The molecule has 1 aromatic heterocycles. The lowest BCUT2D eigenvalue weighted by Crippen LogP contribution is -2.40. The van der Waals surface area contributed by atoms with Gasteiger partial charge in [0, 0.05) is 19.6 Å². The Kier molecular flexibility index (Phi) is 5.02. The molecule has 126 valence electrons. The van der Waals surface area contributed by atoms with Crippen LogP contribution in [-0.2, 0) is 16.6 Å². The zero-order chi connectivity index (χ0) is 16.3. The van der Waals surface area contributed by atoms with Crippen molar-refractivity contribution >= 4 is 21.1 Å². The molecule has 0 radical (unpaired) electrons. The molecule has 0 saturated carbocycles. The third-order valence-corrected chi connectivity index (χ3v) is 6.66. The second kappa shape index (κ2) is 7.01. The van der Waals surface area contributed by atoms with Gasteiger partial charge in [0.15, 0.2) is 0 Å². The summed E-state index contributed by atoms with van der Waals surface area (Å²) in [6, 6.07) is 8.14. The summed E-state index contributed by atoms with van der Waals surface area (Å²) in [5, 5.41) is 0. The van der Waals surface area contributed by atoms with Crippen LogP contribution in [0, 0.1) is 5.92 Å². The SMILES string of the molecule is CCCCS(=O)(=O)N1CCC(Cn2cnc3ccccc32)CC1. The average molecular weight is 335 g/mol. The number of nitrogens with zero attached hydrogens (tertiary/aromatic N) is 3. The van der Waals surface area contributed by atoms with Gasteiger partial charge in [-0.2, -0.15) is 0 Å². The van der Waals surface area contributed by atoms with Crippen molar-refractivity contribution < 1.29 is 8.42 Å². The smallest absolute Gasteiger partial charge is 0.214 e. The molecule has 1 aromatic carbocycles. The first-order chi connectivity index (χ1) is 11.1. The summed E-state index contributed by atoms with van der Waals surface area (Å²) in [5.41, 5.74) is 2.18. The van der Waals surface area contributed by atoms with E-state index in [2.05, 4.69) is 15.6 Å². The van der Waals surface area contributed by atoms with E-state index in [0.29, 0.717) is 24.8 Å². The molecule has 1 aliphatic rings. The van der Waals surface area contributed by atoms with Gasteiger partial charge in [0.05, 0.1) is 23.1 Å². The summed E-state index contributed by atoms with van der Waals surface area (Å²) >= 11 is 0. The molecule has 3 rings (SSSR count). The highest BCUT2D eigenvalue weighted by molar-refractivity contribution is 7.89. The number of sulfonamides is 1. The number of benzene rings is 1. The van der Waals surface area contributed by atoms with Gasteiger partial charge in [0.25, 0.3) is 0 Å². The van der Waals surface area contributed by atoms with Gasteiger partial charge in [-0.05, 0) is 37.3 Å². The highest BCUT2D eigenvalue weighted by Crippen LogP contribution is 2.23. The molecule has 1 fully saturated rings. The first-order valence-electron chi connectivity index (χ1n) is 8.48. The maximum absolute atomic E-state index is 12.3. The number of rotatable bonds is 6. The predicted molar refractivity (Wildman–Crippen MR) is 92.7 cm³/mol. The molecule has 23 heavy (non-hydrogen) atoms. The third-order valence-electron chi connectivity index (χ3n) is 4.70. The maximum atomic E-state index is 12.3. The fourth-order valence-electron chi connectivity index (χ4n) is 3.26. The second-order valence-corrected chi connectivity index (χ2v) is 8.49. The molecular formula is C17H25N3O2S. The van der Waals surface area contributed by atoms with E-state index in [1.54, 1.807) is 4.31 Å². The van der Waals surface area contributed by atoms with Crippen molar-refractivity contribution in [3.63, 3.8) is 0 Å². The first-order valence-corrected chi connectivity index (χ1v) is 10.1. The van der Waals surface area contributed by atoms with E-state index in [4.69, 9.17) is 0 Å². The van der Waals surface area contributed by atoms with E-state index < -0.39 is 10.0 Å². The van der Waals surface area contributed by atoms with E-state index >= 15 is 0 Å². The number of aromatic nitrogens is 2. The quantitative estimate of drug-likeness (QED) is 0.815. The molecule has 2 aromatic rings. The monoisotopic (exact) mass is 335 g/mol. The van der Waals surface area contributed by atoms with Crippen LogP contribution in [0.3, 0.4) is 0 Å². The van der Waals surface area contributed by atoms with Crippen LogP contribution in [-0.4, -0.2) is 41.1 Å². The average Bonchev–Trinajstić information content (AvgIpc) is 2.97. The number of hydrogen-bond acceptors (Lipinski definition) is 3. The van der Waals surface area contributed by atoms with Gasteiger partial charge in [0.1, 0.15) is 0 Å². The minimum atomic E-state index is -3.05. The molecule has 0 N–H and O–H groups in total. The van der Waals surface area contributed by atoms with Crippen LogP contribution in [0.15, 0.2) is 30.6 Å². The van der Waals surface area contributed by atoms with Crippen LogP contribution in [0.1, 0.15) is 32.6 Å². The van der Waals surface area contributed by atoms with E-state index in [1.807, 2.05) is 31.5 Å². The summed E-state index contributed by atoms with van der Waals surface area (Å²) in [6.07, 6.45) is 5.43. The molecule has 0 bridgehead atoms. The Morgan fingerprint density at radius 3 is 2.70 bits per heavy atom. The topological polar surface area (TPSA) is 55.2 Å². The summed E-state index contributed by atoms with van der Waals surface area (Å²) in [6.45, 7) is 4.26. The zero-order valence-corrected chi connectivity index (χ0v) is 14.5. The summed E-state index contributed by atoms with van der Waals surface area (Å²) in [7, 11) is -3.05. The second-order valence-electron chi connectivity index (χ2n) is 6.40. The van der Waals surface area contributed by atoms with Crippen molar-refractivity contribution in [2.45, 2.75) is 39.2 Å². The van der Waals surface area contributed by atoms with Crippen LogP contribution in [0.25, 0.3) is 11.0 Å².